The number of ketones is 1. The van der Waals surface area contributed by atoms with Crippen LogP contribution >= 0.6 is 0 Å². The van der Waals surface area contributed by atoms with Crippen LogP contribution in [0.2, 0.25) is 0 Å². The Morgan fingerprint density at radius 1 is 1.21 bits per heavy atom. The first-order valence-electron chi connectivity index (χ1n) is 11.4. The zero-order valence-electron chi connectivity index (χ0n) is 18.9. The molecule has 2 aromatic carbocycles. The molecule has 0 aromatic heterocycles. The number of likely N-dealkylation sites (tertiary alicyclic amines) is 1. The van der Waals surface area contributed by atoms with Gasteiger partial charge >= 0.3 is 0 Å². The smallest absolute Gasteiger partial charge is 0.295 e. The van der Waals surface area contributed by atoms with Crippen LogP contribution in [-0.2, 0) is 16.0 Å². The van der Waals surface area contributed by atoms with E-state index in [1.807, 2.05) is 26.0 Å². The summed E-state index contributed by atoms with van der Waals surface area (Å²) >= 11 is 0. The molecule has 2 aliphatic heterocycles. The maximum Gasteiger partial charge on any atom is 0.295 e. The standard InChI is InChI=1S/C26H29NO6/c1-3-4-10-27-23(17-6-5-7-20(15-17)32-12-11-28)22(25(30)26(27)31)24(29)18-8-9-21-19(14-18)13-16(2)33-21/h5-9,14-16,23,28-29H,3-4,10-13H2,1-2H3/b24-22-. The van der Waals surface area contributed by atoms with Gasteiger partial charge in [-0.05, 0) is 54.8 Å². The van der Waals surface area contributed by atoms with Gasteiger partial charge in [-0.1, -0.05) is 25.5 Å². The van der Waals surface area contributed by atoms with E-state index in [1.54, 1.807) is 30.3 Å². The van der Waals surface area contributed by atoms with Gasteiger partial charge in [-0.25, -0.2) is 0 Å². The van der Waals surface area contributed by atoms with Gasteiger partial charge in [0.1, 0.15) is 30.0 Å². The van der Waals surface area contributed by atoms with Gasteiger partial charge in [0, 0.05) is 18.5 Å². The molecule has 0 aliphatic carbocycles. The summed E-state index contributed by atoms with van der Waals surface area (Å²) in [6.45, 7) is 4.40. The van der Waals surface area contributed by atoms with Gasteiger partial charge < -0.3 is 24.6 Å². The maximum absolute atomic E-state index is 13.1. The van der Waals surface area contributed by atoms with Gasteiger partial charge in [-0.3, -0.25) is 9.59 Å². The third kappa shape index (κ3) is 4.46. The average Bonchev–Trinajstić information content (AvgIpc) is 3.31. The first-order chi connectivity index (χ1) is 15.9. The summed E-state index contributed by atoms with van der Waals surface area (Å²) in [7, 11) is 0. The number of ether oxygens (including phenoxy) is 2. The zero-order chi connectivity index (χ0) is 23.5. The molecule has 0 saturated carbocycles. The second kappa shape index (κ2) is 9.67. The molecule has 4 rings (SSSR count). The van der Waals surface area contributed by atoms with Crippen LogP contribution in [0.5, 0.6) is 11.5 Å². The molecule has 174 valence electrons. The van der Waals surface area contributed by atoms with E-state index >= 15 is 0 Å². The SMILES string of the molecule is CCCCN1C(=O)C(=O)/C(=C(\O)c2ccc3c(c2)CC(C)O3)C1c1cccc(OCCO)c1. The lowest BCUT2D eigenvalue weighted by Gasteiger charge is -2.25. The van der Waals surface area contributed by atoms with Gasteiger partial charge in [0.2, 0.25) is 0 Å². The predicted octanol–water partition coefficient (Wildman–Crippen LogP) is 3.60. The number of aliphatic hydroxyl groups excluding tert-OH is 2. The molecule has 0 radical (unpaired) electrons. The number of carbonyl (C=O) groups excluding carboxylic acids is 2. The predicted molar refractivity (Wildman–Crippen MR) is 123 cm³/mol. The van der Waals surface area contributed by atoms with E-state index in [0.29, 0.717) is 23.4 Å². The lowest BCUT2D eigenvalue weighted by molar-refractivity contribution is -0.139. The Morgan fingerprint density at radius 3 is 2.79 bits per heavy atom. The molecule has 7 heteroatoms. The largest absolute Gasteiger partial charge is 0.507 e. The number of Topliss-reactive ketones (excluding diaryl/α,β-unsaturated/α-hetero) is 1. The first-order valence-corrected chi connectivity index (χ1v) is 11.4. The highest BCUT2D eigenvalue weighted by atomic mass is 16.5. The van der Waals surface area contributed by atoms with E-state index in [1.165, 1.54) is 4.90 Å². The summed E-state index contributed by atoms with van der Waals surface area (Å²) in [5.41, 5.74) is 2.18. The highest BCUT2D eigenvalue weighted by Gasteiger charge is 2.46. The molecule has 1 fully saturated rings. The second-order valence-electron chi connectivity index (χ2n) is 8.45. The first kappa shape index (κ1) is 22.9. The number of hydrogen-bond acceptors (Lipinski definition) is 6. The molecule has 1 amide bonds. The number of nitrogens with zero attached hydrogens (tertiary/aromatic N) is 1. The summed E-state index contributed by atoms with van der Waals surface area (Å²) in [6, 6.07) is 11.7. The van der Waals surface area contributed by atoms with Gasteiger partial charge in [0.25, 0.3) is 11.7 Å². The molecule has 2 N–H and O–H groups in total. The summed E-state index contributed by atoms with van der Waals surface area (Å²) in [4.78, 5) is 27.6. The minimum Gasteiger partial charge on any atom is -0.507 e. The van der Waals surface area contributed by atoms with Gasteiger partial charge in [0.15, 0.2) is 0 Å². The van der Waals surface area contributed by atoms with Crippen molar-refractivity contribution < 1.29 is 29.3 Å². The van der Waals surface area contributed by atoms with E-state index in [2.05, 4.69) is 0 Å². The number of fused-ring (bicyclic) bond motifs is 1. The van der Waals surface area contributed by atoms with E-state index in [-0.39, 0.29) is 30.6 Å². The van der Waals surface area contributed by atoms with Crippen molar-refractivity contribution in [2.45, 2.75) is 45.3 Å². The lowest BCUT2D eigenvalue weighted by atomic mass is 9.94. The number of hydrogen-bond donors (Lipinski definition) is 2. The van der Waals surface area contributed by atoms with Crippen LogP contribution in [0.1, 0.15) is 49.4 Å². The molecule has 2 aromatic rings. The number of aliphatic hydroxyl groups is 2. The molecule has 33 heavy (non-hydrogen) atoms. The van der Waals surface area contributed by atoms with Gasteiger partial charge in [-0.15, -0.1) is 0 Å². The van der Waals surface area contributed by atoms with Crippen molar-refractivity contribution in [3.63, 3.8) is 0 Å². The van der Waals surface area contributed by atoms with Crippen molar-refractivity contribution in [2.75, 3.05) is 19.8 Å². The lowest BCUT2D eigenvalue weighted by Crippen LogP contribution is -2.30. The van der Waals surface area contributed by atoms with Crippen LogP contribution in [0, 0.1) is 0 Å². The second-order valence-corrected chi connectivity index (χ2v) is 8.45. The molecule has 2 atom stereocenters. The molecular weight excluding hydrogens is 422 g/mol. The van der Waals surface area contributed by atoms with Crippen molar-refractivity contribution in [3.8, 4) is 11.5 Å². The normalized spacial score (nSPS) is 21.2. The minimum absolute atomic E-state index is 0.0543. The zero-order valence-corrected chi connectivity index (χ0v) is 18.9. The van der Waals surface area contributed by atoms with Crippen molar-refractivity contribution in [3.05, 3.63) is 64.7 Å². The quantitative estimate of drug-likeness (QED) is 0.362. The van der Waals surface area contributed by atoms with Crippen molar-refractivity contribution >= 4 is 17.4 Å². The van der Waals surface area contributed by atoms with Crippen LogP contribution in [0.25, 0.3) is 5.76 Å². The number of amides is 1. The van der Waals surface area contributed by atoms with E-state index < -0.39 is 17.7 Å². The summed E-state index contributed by atoms with van der Waals surface area (Å²) in [6.07, 6.45) is 2.37. The monoisotopic (exact) mass is 451 g/mol. The Labute approximate surface area is 193 Å². The van der Waals surface area contributed by atoms with E-state index in [9.17, 15) is 14.7 Å². The Morgan fingerprint density at radius 2 is 2.03 bits per heavy atom. The molecule has 2 heterocycles. The van der Waals surface area contributed by atoms with Crippen LogP contribution in [0.4, 0.5) is 0 Å². The Bertz CT molecular complexity index is 1090. The van der Waals surface area contributed by atoms with Gasteiger partial charge in [0.05, 0.1) is 18.2 Å². The Hall–Kier alpha value is -3.32. The van der Waals surface area contributed by atoms with Crippen LogP contribution in [-0.4, -0.2) is 52.7 Å². The van der Waals surface area contributed by atoms with Crippen LogP contribution in [0.3, 0.4) is 0 Å². The Kier molecular flexibility index (Phi) is 6.70. The fourth-order valence-corrected chi connectivity index (χ4v) is 4.45. The highest BCUT2D eigenvalue weighted by Crippen LogP contribution is 2.41. The minimum atomic E-state index is -0.724. The Balaban J connectivity index is 1.80. The molecule has 0 spiro atoms. The fraction of sp³-hybridized carbons (Fsp3) is 0.385. The molecular formula is C26H29NO6. The topological polar surface area (TPSA) is 96.3 Å². The summed E-state index contributed by atoms with van der Waals surface area (Å²) in [5, 5.41) is 20.3. The molecule has 7 nitrogen and oxygen atoms in total. The third-order valence-corrected chi connectivity index (χ3v) is 6.00. The van der Waals surface area contributed by atoms with Crippen molar-refractivity contribution in [2.24, 2.45) is 0 Å². The van der Waals surface area contributed by atoms with Crippen LogP contribution in [0.15, 0.2) is 48.0 Å². The highest BCUT2D eigenvalue weighted by molar-refractivity contribution is 6.46. The molecule has 0 bridgehead atoms. The number of unbranched alkanes of at least 4 members (excludes halogenated alkanes) is 1. The number of carbonyl (C=O) groups is 2. The fourth-order valence-electron chi connectivity index (χ4n) is 4.45. The molecule has 2 unspecified atom stereocenters. The van der Waals surface area contributed by atoms with E-state index in [4.69, 9.17) is 14.6 Å². The molecule has 2 aliphatic rings. The van der Waals surface area contributed by atoms with Crippen molar-refractivity contribution in [1.82, 2.24) is 4.90 Å². The number of rotatable bonds is 8. The van der Waals surface area contributed by atoms with Gasteiger partial charge in [-0.2, -0.15) is 0 Å². The maximum atomic E-state index is 13.1. The average molecular weight is 452 g/mol. The summed E-state index contributed by atoms with van der Waals surface area (Å²) in [5.74, 6) is -0.212. The molecule has 1 saturated heterocycles. The van der Waals surface area contributed by atoms with Crippen molar-refractivity contribution in [1.29, 1.82) is 0 Å². The third-order valence-electron chi connectivity index (χ3n) is 6.00. The summed E-state index contributed by atoms with van der Waals surface area (Å²) < 4.78 is 11.3. The number of benzene rings is 2. The van der Waals surface area contributed by atoms with Crippen LogP contribution < -0.4 is 9.47 Å². The van der Waals surface area contributed by atoms with E-state index in [0.717, 1.165) is 30.6 Å².